The van der Waals surface area contributed by atoms with E-state index in [1.807, 2.05) is 31.2 Å². The summed E-state index contributed by atoms with van der Waals surface area (Å²) in [6, 6.07) is 7.96. The Bertz CT molecular complexity index is 392. The van der Waals surface area contributed by atoms with Gasteiger partial charge in [-0.05, 0) is 30.5 Å². The Morgan fingerprint density at radius 3 is 2.83 bits per heavy atom. The molecule has 2 nitrogen and oxygen atoms in total. The molecule has 0 heterocycles. The Morgan fingerprint density at radius 1 is 1.33 bits per heavy atom. The second-order valence-corrected chi connectivity index (χ2v) is 5.31. The summed E-state index contributed by atoms with van der Waals surface area (Å²) in [6.07, 6.45) is 6.39. The van der Waals surface area contributed by atoms with Gasteiger partial charge in [0.15, 0.2) is 0 Å². The number of carbonyl (C=O) groups is 1. The van der Waals surface area contributed by atoms with Gasteiger partial charge in [0.1, 0.15) is 11.5 Å². The van der Waals surface area contributed by atoms with Crippen molar-refractivity contribution in [3.63, 3.8) is 0 Å². The molecule has 2 rings (SSSR count). The van der Waals surface area contributed by atoms with Crippen LogP contribution in [0, 0.1) is 12.8 Å². The van der Waals surface area contributed by atoms with E-state index < -0.39 is 0 Å². The predicted octanol–water partition coefficient (Wildman–Crippen LogP) is 3.91. The van der Waals surface area contributed by atoms with Gasteiger partial charge in [0.25, 0.3) is 0 Å². The maximum atomic E-state index is 11.8. The van der Waals surface area contributed by atoms with Gasteiger partial charge >= 0.3 is 0 Å². The van der Waals surface area contributed by atoms with Crippen molar-refractivity contribution >= 4 is 5.78 Å². The zero-order valence-electron chi connectivity index (χ0n) is 11.2. The topological polar surface area (TPSA) is 26.3 Å². The molecule has 1 aromatic carbocycles. The minimum Gasteiger partial charge on any atom is -0.493 e. The van der Waals surface area contributed by atoms with Crippen LogP contribution in [-0.2, 0) is 4.79 Å². The molecular formula is C16H22O2. The van der Waals surface area contributed by atoms with Crippen LogP contribution >= 0.6 is 0 Å². The van der Waals surface area contributed by atoms with E-state index in [1.165, 1.54) is 31.2 Å². The van der Waals surface area contributed by atoms with Crippen molar-refractivity contribution in [2.45, 2.75) is 45.4 Å². The highest BCUT2D eigenvalue weighted by Crippen LogP contribution is 2.27. The van der Waals surface area contributed by atoms with Crippen molar-refractivity contribution in [2.75, 3.05) is 6.61 Å². The second-order valence-electron chi connectivity index (χ2n) is 5.31. The van der Waals surface area contributed by atoms with Gasteiger partial charge < -0.3 is 4.74 Å². The molecule has 1 aliphatic carbocycles. The molecule has 0 amide bonds. The fourth-order valence-corrected chi connectivity index (χ4v) is 2.63. The first-order chi connectivity index (χ1) is 8.74. The number of carbonyl (C=O) groups excluding carboxylic acids is 1. The lowest BCUT2D eigenvalue weighted by Gasteiger charge is -2.09. The van der Waals surface area contributed by atoms with Gasteiger partial charge in [-0.2, -0.15) is 0 Å². The second kappa shape index (κ2) is 6.58. The molecule has 2 heteroatoms. The Hall–Kier alpha value is -1.31. The Kier molecular flexibility index (Phi) is 4.80. The smallest absolute Gasteiger partial charge is 0.136 e. The van der Waals surface area contributed by atoms with E-state index in [0.717, 1.165) is 12.2 Å². The van der Waals surface area contributed by atoms with Gasteiger partial charge in [-0.1, -0.05) is 37.8 Å². The van der Waals surface area contributed by atoms with Gasteiger partial charge in [0.05, 0.1) is 6.61 Å². The maximum Gasteiger partial charge on any atom is 0.136 e. The molecule has 1 aromatic rings. The van der Waals surface area contributed by atoms with Crippen LogP contribution in [0.1, 0.15) is 44.1 Å². The van der Waals surface area contributed by atoms with Crippen LogP contribution in [0.2, 0.25) is 0 Å². The highest BCUT2D eigenvalue weighted by Gasteiger charge is 2.18. The molecule has 0 spiro atoms. The number of benzene rings is 1. The first-order valence-electron chi connectivity index (χ1n) is 6.95. The molecule has 0 bridgehead atoms. The number of ether oxygens (including phenoxy) is 1. The van der Waals surface area contributed by atoms with Crippen molar-refractivity contribution < 1.29 is 9.53 Å². The minimum absolute atomic E-state index is 0.356. The van der Waals surface area contributed by atoms with Gasteiger partial charge in [-0.25, -0.2) is 0 Å². The lowest BCUT2D eigenvalue weighted by Crippen LogP contribution is -2.10. The lowest BCUT2D eigenvalue weighted by molar-refractivity contribution is -0.120. The minimum atomic E-state index is 0.356. The number of hydrogen-bond donors (Lipinski definition) is 0. The summed E-state index contributed by atoms with van der Waals surface area (Å²) >= 11 is 0. The van der Waals surface area contributed by atoms with Crippen LogP contribution < -0.4 is 4.74 Å². The summed E-state index contributed by atoms with van der Waals surface area (Å²) in [4.78, 5) is 11.8. The maximum absolute atomic E-state index is 11.8. The number of aryl methyl sites for hydroxylation is 1. The van der Waals surface area contributed by atoms with E-state index in [4.69, 9.17) is 4.74 Å². The van der Waals surface area contributed by atoms with Crippen molar-refractivity contribution in [3.8, 4) is 5.75 Å². The molecule has 0 aliphatic heterocycles. The lowest BCUT2D eigenvalue weighted by atomic mass is 10.00. The van der Waals surface area contributed by atoms with Crippen LogP contribution in [0.15, 0.2) is 24.3 Å². The first-order valence-corrected chi connectivity index (χ1v) is 6.95. The zero-order chi connectivity index (χ0) is 12.8. The van der Waals surface area contributed by atoms with Crippen molar-refractivity contribution in [2.24, 2.45) is 5.92 Å². The molecule has 1 aliphatic rings. The largest absolute Gasteiger partial charge is 0.493 e. The molecule has 0 atom stereocenters. The van der Waals surface area contributed by atoms with Crippen molar-refractivity contribution in [3.05, 3.63) is 29.8 Å². The average Bonchev–Trinajstić information content (AvgIpc) is 2.82. The van der Waals surface area contributed by atoms with Crippen molar-refractivity contribution in [1.82, 2.24) is 0 Å². The Labute approximate surface area is 109 Å². The van der Waals surface area contributed by atoms with Gasteiger partial charge in [0.2, 0.25) is 0 Å². The quantitative estimate of drug-likeness (QED) is 0.760. The molecule has 1 fully saturated rings. The van der Waals surface area contributed by atoms with Gasteiger partial charge in [0, 0.05) is 12.8 Å². The molecule has 18 heavy (non-hydrogen) atoms. The summed E-state index contributed by atoms with van der Waals surface area (Å²) in [7, 11) is 0. The standard InChI is InChI=1S/C16H22O2/c1-13-5-4-8-16(11-13)18-10-9-15(17)12-14-6-2-3-7-14/h4-5,8,11,14H,2-3,6-7,9-10,12H2,1H3. The zero-order valence-corrected chi connectivity index (χ0v) is 11.2. The van der Waals surface area contributed by atoms with E-state index in [-0.39, 0.29) is 0 Å². The van der Waals surface area contributed by atoms with Crippen LogP contribution in [0.3, 0.4) is 0 Å². The number of rotatable bonds is 6. The van der Waals surface area contributed by atoms with Crippen LogP contribution in [-0.4, -0.2) is 12.4 Å². The first kappa shape index (κ1) is 13.1. The average molecular weight is 246 g/mol. The van der Waals surface area contributed by atoms with Crippen molar-refractivity contribution in [1.29, 1.82) is 0 Å². The fraction of sp³-hybridized carbons (Fsp3) is 0.562. The molecular weight excluding hydrogens is 224 g/mol. The molecule has 1 saturated carbocycles. The molecule has 0 N–H and O–H groups in total. The van der Waals surface area contributed by atoms with E-state index >= 15 is 0 Å². The summed E-state index contributed by atoms with van der Waals surface area (Å²) in [5, 5.41) is 0. The summed E-state index contributed by atoms with van der Waals surface area (Å²) in [5.41, 5.74) is 1.18. The van der Waals surface area contributed by atoms with Crippen LogP contribution in [0.25, 0.3) is 0 Å². The van der Waals surface area contributed by atoms with E-state index in [1.54, 1.807) is 0 Å². The number of ketones is 1. The van der Waals surface area contributed by atoms with Gasteiger partial charge in [-0.3, -0.25) is 4.79 Å². The summed E-state index contributed by atoms with van der Waals surface area (Å²) in [5.74, 6) is 1.87. The normalized spacial score (nSPS) is 15.8. The Balaban J connectivity index is 1.66. The Morgan fingerprint density at radius 2 is 2.11 bits per heavy atom. The highest BCUT2D eigenvalue weighted by atomic mass is 16.5. The molecule has 0 aromatic heterocycles. The van der Waals surface area contributed by atoms with Crippen LogP contribution in [0.4, 0.5) is 0 Å². The van der Waals surface area contributed by atoms with Crippen LogP contribution in [0.5, 0.6) is 5.75 Å². The third-order valence-corrected chi connectivity index (χ3v) is 3.63. The SMILES string of the molecule is Cc1cccc(OCCC(=O)CC2CCCC2)c1. The number of hydrogen-bond acceptors (Lipinski definition) is 2. The molecule has 0 radical (unpaired) electrons. The third kappa shape index (κ3) is 4.17. The molecule has 98 valence electrons. The monoisotopic (exact) mass is 246 g/mol. The third-order valence-electron chi connectivity index (χ3n) is 3.63. The van der Waals surface area contributed by atoms with Gasteiger partial charge in [-0.15, -0.1) is 0 Å². The summed E-state index contributed by atoms with van der Waals surface area (Å²) < 4.78 is 5.60. The fourth-order valence-electron chi connectivity index (χ4n) is 2.63. The summed E-state index contributed by atoms with van der Waals surface area (Å²) in [6.45, 7) is 2.55. The van der Waals surface area contributed by atoms with E-state index in [0.29, 0.717) is 24.7 Å². The molecule has 0 unspecified atom stereocenters. The molecule has 0 saturated heterocycles. The van der Waals surface area contributed by atoms with E-state index in [2.05, 4.69) is 0 Å². The van der Waals surface area contributed by atoms with E-state index in [9.17, 15) is 4.79 Å². The predicted molar refractivity (Wildman–Crippen MR) is 72.9 cm³/mol. The number of Topliss-reactive ketones (excluding diaryl/α,β-unsaturated/α-hetero) is 1. The highest BCUT2D eigenvalue weighted by molar-refractivity contribution is 5.78.